The van der Waals surface area contributed by atoms with Gasteiger partial charge in [0.05, 0.1) is 0 Å². The molecule has 1 saturated heterocycles. The second-order valence-corrected chi connectivity index (χ2v) is 2.86. The molecule has 0 amide bonds. The normalized spacial score (nSPS) is 32.3. The maximum absolute atomic E-state index is 10.8. The Hall–Kier alpha value is -1.52. The Labute approximate surface area is 74.3 Å². The number of hydrogen-bond donors (Lipinski definition) is 0. The minimum Gasteiger partial charge on any atom is -0.426 e. The Morgan fingerprint density at radius 2 is 1.46 bits per heavy atom. The maximum Gasteiger partial charge on any atom is 0.519 e. The number of carbonyl (C=O) groups excluding carboxylic acids is 2. The van der Waals surface area contributed by atoms with Gasteiger partial charge in [-0.2, -0.15) is 0 Å². The topological polar surface area (TPSA) is 61.8 Å². The first-order valence-corrected chi connectivity index (χ1v) is 4.00. The number of carbonyl (C=O) groups is 2. The Kier molecular flexibility index (Phi) is 1.92. The molecule has 2 rings (SSSR count). The second kappa shape index (κ2) is 3.08. The van der Waals surface area contributed by atoms with Crippen molar-refractivity contribution in [3.05, 3.63) is 12.2 Å². The van der Waals surface area contributed by atoms with Crippen LogP contribution >= 0.6 is 0 Å². The van der Waals surface area contributed by atoms with Crippen LogP contribution in [0.3, 0.4) is 0 Å². The van der Waals surface area contributed by atoms with E-state index >= 15 is 0 Å². The average molecular weight is 184 g/mol. The average Bonchev–Trinajstić information content (AvgIpc) is 2.20. The van der Waals surface area contributed by atoms with E-state index in [0.717, 1.165) is 0 Å². The lowest BCUT2D eigenvalue weighted by Gasteiger charge is -2.22. The zero-order chi connectivity index (χ0) is 9.26. The first-order chi connectivity index (χ1) is 6.25. The highest BCUT2D eigenvalue weighted by molar-refractivity contribution is 5.77. The highest BCUT2D eigenvalue weighted by Gasteiger charge is 2.34. The predicted octanol–water partition coefficient (Wildman–Crippen LogP) is 1.38. The number of fused-ring (bicyclic) bond motifs is 1. The Morgan fingerprint density at radius 1 is 1.00 bits per heavy atom. The van der Waals surface area contributed by atoms with E-state index in [1.807, 2.05) is 12.2 Å². The molecular weight excluding hydrogens is 176 g/mol. The van der Waals surface area contributed by atoms with Gasteiger partial charge in [0, 0.05) is 12.8 Å². The number of rotatable bonds is 0. The van der Waals surface area contributed by atoms with Crippen molar-refractivity contribution in [2.45, 2.75) is 25.0 Å². The summed E-state index contributed by atoms with van der Waals surface area (Å²) in [5, 5.41) is 0. The van der Waals surface area contributed by atoms with Crippen LogP contribution in [-0.2, 0) is 14.2 Å². The van der Waals surface area contributed by atoms with E-state index in [1.54, 1.807) is 0 Å². The summed E-state index contributed by atoms with van der Waals surface area (Å²) < 4.78 is 13.8. The van der Waals surface area contributed by atoms with Gasteiger partial charge in [0.2, 0.25) is 0 Å². The molecule has 0 bridgehead atoms. The van der Waals surface area contributed by atoms with Gasteiger partial charge in [-0.05, 0) is 0 Å². The lowest BCUT2D eigenvalue weighted by Crippen LogP contribution is -2.32. The van der Waals surface area contributed by atoms with Gasteiger partial charge >= 0.3 is 12.3 Å². The minimum atomic E-state index is -0.979. The lowest BCUT2D eigenvalue weighted by molar-refractivity contribution is 0.0130. The molecule has 13 heavy (non-hydrogen) atoms. The molecule has 0 N–H and O–H groups in total. The van der Waals surface area contributed by atoms with Crippen LogP contribution in [-0.4, -0.2) is 24.5 Å². The molecule has 1 fully saturated rings. The van der Waals surface area contributed by atoms with Gasteiger partial charge in [0.15, 0.2) is 0 Å². The summed E-state index contributed by atoms with van der Waals surface area (Å²) in [6.45, 7) is 0. The molecule has 2 atom stereocenters. The quantitative estimate of drug-likeness (QED) is 0.323. The van der Waals surface area contributed by atoms with Crippen molar-refractivity contribution < 1.29 is 23.8 Å². The van der Waals surface area contributed by atoms with Gasteiger partial charge in [-0.15, -0.1) is 0 Å². The molecule has 0 saturated carbocycles. The maximum atomic E-state index is 10.8. The first kappa shape index (κ1) is 8.10. The number of hydrogen-bond acceptors (Lipinski definition) is 5. The predicted molar refractivity (Wildman–Crippen MR) is 40.0 cm³/mol. The van der Waals surface area contributed by atoms with E-state index in [0.29, 0.717) is 12.8 Å². The molecule has 5 heteroatoms. The zero-order valence-corrected chi connectivity index (χ0v) is 6.76. The summed E-state index contributed by atoms with van der Waals surface area (Å²) in [5.74, 6) is 0. The van der Waals surface area contributed by atoms with Gasteiger partial charge in [-0.1, -0.05) is 12.2 Å². The third-order valence-corrected chi connectivity index (χ3v) is 1.98. The summed E-state index contributed by atoms with van der Waals surface area (Å²) in [5.41, 5.74) is 0. The summed E-state index contributed by atoms with van der Waals surface area (Å²) in [6.07, 6.45) is 2.13. The molecular formula is C8H8O5. The monoisotopic (exact) mass is 184 g/mol. The minimum absolute atomic E-state index is 0.399. The van der Waals surface area contributed by atoms with Crippen LogP contribution in [0.5, 0.6) is 0 Å². The fraction of sp³-hybridized carbons (Fsp3) is 0.500. The standard InChI is InChI=1S/C8H8O5/c9-7-11-5-3-1-2-4-6(5)12-8(10)13-7/h1-2,5-6H,3-4H2/t5-,6+. The Morgan fingerprint density at radius 3 is 1.92 bits per heavy atom. The molecule has 0 spiro atoms. The van der Waals surface area contributed by atoms with Gasteiger partial charge in [0.25, 0.3) is 0 Å². The molecule has 1 aliphatic heterocycles. The van der Waals surface area contributed by atoms with Crippen LogP contribution in [0.15, 0.2) is 12.2 Å². The third kappa shape index (κ3) is 1.63. The largest absolute Gasteiger partial charge is 0.519 e. The van der Waals surface area contributed by atoms with Crippen LogP contribution < -0.4 is 0 Å². The van der Waals surface area contributed by atoms with Gasteiger partial charge in [-0.25, -0.2) is 9.59 Å². The molecule has 0 unspecified atom stereocenters. The van der Waals surface area contributed by atoms with Crippen LogP contribution in [0.4, 0.5) is 9.59 Å². The van der Waals surface area contributed by atoms with Crippen LogP contribution in [0.2, 0.25) is 0 Å². The van der Waals surface area contributed by atoms with Crippen LogP contribution in [0.1, 0.15) is 12.8 Å². The second-order valence-electron chi connectivity index (χ2n) is 2.86. The fourth-order valence-corrected chi connectivity index (χ4v) is 1.38. The van der Waals surface area contributed by atoms with Gasteiger partial charge < -0.3 is 14.2 Å². The Balaban J connectivity index is 2.15. The molecule has 1 aliphatic carbocycles. The van der Waals surface area contributed by atoms with Crippen molar-refractivity contribution in [3.8, 4) is 0 Å². The van der Waals surface area contributed by atoms with Gasteiger partial charge in [0.1, 0.15) is 12.2 Å². The fourth-order valence-electron chi connectivity index (χ4n) is 1.38. The van der Waals surface area contributed by atoms with Crippen molar-refractivity contribution in [1.29, 1.82) is 0 Å². The van der Waals surface area contributed by atoms with E-state index in [-0.39, 0.29) is 0 Å². The molecule has 2 aliphatic rings. The molecule has 0 aromatic rings. The van der Waals surface area contributed by atoms with E-state index < -0.39 is 24.5 Å². The molecule has 0 aromatic carbocycles. The lowest BCUT2D eigenvalue weighted by atomic mass is 10.0. The highest BCUT2D eigenvalue weighted by atomic mass is 16.8. The number of cyclic esters (lactones) is 2. The molecule has 0 radical (unpaired) electrons. The first-order valence-electron chi connectivity index (χ1n) is 4.00. The van der Waals surface area contributed by atoms with Crippen molar-refractivity contribution in [1.82, 2.24) is 0 Å². The molecule has 1 heterocycles. The highest BCUT2D eigenvalue weighted by Crippen LogP contribution is 2.22. The van der Waals surface area contributed by atoms with Crippen LogP contribution in [0, 0.1) is 0 Å². The summed E-state index contributed by atoms with van der Waals surface area (Å²) >= 11 is 0. The molecule has 5 nitrogen and oxygen atoms in total. The summed E-state index contributed by atoms with van der Waals surface area (Å²) in [7, 11) is 0. The van der Waals surface area contributed by atoms with Crippen molar-refractivity contribution >= 4 is 12.3 Å². The summed E-state index contributed by atoms with van der Waals surface area (Å²) in [4.78, 5) is 21.6. The van der Waals surface area contributed by atoms with Crippen molar-refractivity contribution in [2.75, 3.05) is 0 Å². The molecule has 70 valence electrons. The summed E-state index contributed by atoms with van der Waals surface area (Å²) in [6, 6.07) is 0. The van der Waals surface area contributed by atoms with E-state index in [1.165, 1.54) is 0 Å². The number of ether oxygens (including phenoxy) is 3. The van der Waals surface area contributed by atoms with E-state index in [4.69, 9.17) is 9.47 Å². The molecule has 0 aromatic heterocycles. The van der Waals surface area contributed by atoms with Crippen molar-refractivity contribution in [2.24, 2.45) is 0 Å². The van der Waals surface area contributed by atoms with Gasteiger partial charge in [-0.3, -0.25) is 0 Å². The Bertz CT molecular complexity index is 244. The van der Waals surface area contributed by atoms with E-state index in [2.05, 4.69) is 4.74 Å². The van der Waals surface area contributed by atoms with Crippen LogP contribution in [0.25, 0.3) is 0 Å². The van der Waals surface area contributed by atoms with Crippen molar-refractivity contribution in [3.63, 3.8) is 0 Å². The zero-order valence-electron chi connectivity index (χ0n) is 6.76. The smallest absolute Gasteiger partial charge is 0.426 e. The SMILES string of the molecule is O=C1OC(=O)O[C@@H]2CC=CC[C@@H]2O1. The van der Waals surface area contributed by atoms with E-state index in [9.17, 15) is 9.59 Å². The third-order valence-electron chi connectivity index (χ3n) is 1.98.